The molecule has 4 nitrogen and oxygen atoms in total. The molecule has 0 aromatic carbocycles. The van der Waals surface area contributed by atoms with Gasteiger partial charge >= 0.3 is 0 Å². The van der Waals surface area contributed by atoms with Crippen molar-refractivity contribution in [2.75, 3.05) is 31.1 Å². The summed E-state index contributed by atoms with van der Waals surface area (Å²) in [6.45, 7) is 9.74. The Morgan fingerprint density at radius 3 is 2.79 bits per heavy atom. The Morgan fingerprint density at radius 2 is 2.21 bits per heavy atom. The van der Waals surface area contributed by atoms with Crippen LogP contribution in [0.25, 0.3) is 0 Å². The molecule has 0 bridgehead atoms. The van der Waals surface area contributed by atoms with Gasteiger partial charge in [-0.05, 0) is 48.8 Å². The predicted octanol–water partition coefficient (Wildman–Crippen LogP) is 2.04. The Morgan fingerprint density at radius 1 is 1.47 bits per heavy atom. The molecule has 2 rings (SSSR count). The van der Waals surface area contributed by atoms with Gasteiger partial charge in [0.05, 0.1) is 11.8 Å². The first kappa shape index (κ1) is 14.8. The van der Waals surface area contributed by atoms with Gasteiger partial charge in [0, 0.05) is 36.7 Å². The van der Waals surface area contributed by atoms with Crippen molar-refractivity contribution in [3.8, 4) is 0 Å². The second-order valence-corrected chi connectivity index (χ2v) is 6.24. The lowest BCUT2D eigenvalue weighted by molar-refractivity contribution is 0.114. The number of anilines is 1. The largest absolute Gasteiger partial charge is 0.392 e. The van der Waals surface area contributed by atoms with Crippen LogP contribution < -0.4 is 4.90 Å². The van der Waals surface area contributed by atoms with E-state index in [1.807, 2.05) is 13.8 Å². The number of hydrogen-bond donors (Lipinski definition) is 1. The van der Waals surface area contributed by atoms with Crippen LogP contribution in [0.15, 0.2) is 16.6 Å². The van der Waals surface area contributed by atoms with E-state index in [0.717, 1.165) is 42.2 Å². The smallest absolute Gasteiger partial charge is 0.129 e. The molecule has 2 atom stereocenters. The fourth-order valence-electron chi connectivity index (χ4n) is 2.60. The maximum atomic E-state index is 9.47. The van der Waals surface area contributed by atoms with Gasteiger partial charge in [0.2, 0.25) is 0 Å². The molecule has 5 heteroatoms. The summed E-state index contributed by atoms with van der Waals surface area (Å²) in [7, 11) is 0. The number of aliphatic hydroxyl groups excluding tert-OH is 1. The van der Waals surface area contributed by atoms with E-state index in [9.17, 15) is 5.11 Å². The fourth-order valence-corrected chi connectivity index (χ4v) is 2.82. The summed E-state index contributed by atoms with van der Waals surface area (Å²) >= 11 is 3.49. The molecule has 106 valence electrons. The van der Waals surface area contributed by atoms with Crippen LogP contribution in [-0.4, -0.2) is 53.3 Å². The van der Waals surface area contributed by atoms with E-state index in [0.29, 0.717) is 6.04 Å². The lowest BCUT2D eigenvalue weighted by Crippen LogP contribution is -2.53. The summed E-state index contributed by atoms with van der Waals surface area (Å²) in [5, 5.41) is 9.47. The van der Waals surface area contributed by atoms with Crippen LogP contribution in [-0.2, 0) is 0 Å². The average molecular weight is 328 g/mol. The Balaban J connectivity index is 2.05. The third-order valence-electron chi connectivity index (χ3n) is 3.53. The summed E-state index contributed by atoms with van der Waals surface area (Å²) < 4.78 is 1.05. The van der Waals surface area contributed by atoms with Crippen molar-refractivity contribution in [3.63, 3.8) is 0 Å². The number of pyridine rings is 1. The van der Waals surface area contributed by atoms with Crippen molar-refractivity contribution < 1.29 is 5.11 Å². The summed E-state index contributed by atoms with van der Waals surface area (Å²) in [4.78, 5) is 9.31. The van der Waals surface area contributed by atoms with Crippen molar-refractivity contribution >= 4 is 21.7 Å². The van der Waals surface area contributed by atoms with Gasteiger partial charge in [-0.2, -0.15) is 0 Å². The van der Waals surface area contributed by atoms with Gasteiger partial charge in [-0.1, -0.05) is 0 Å². The van der Waals surface area contributed by atoms with E-state index in [1.165, 1.54) is 0 Å². The molecule has 0 saturated carbocycles. The van der Waals surface area contributed by atoms with Crippen LogP contribution in [0.1, 0.15) is 19.5 Å². The number of aromatic nitrogens is 1. The molecule has 0 aliphatic carbocycles. The number of halogens is 1. The van der Waals surface area contributed by atoms with E-state index in [-0.39, 0.29) is 6.10 Å². The highest BCUT2D eigenvalue weighted by molar-refractivity contribution is 9.10. The SMILES string of the molecule is Cc1nc(N2CCN(CC(C)O)CC2C)ccc1Br. The Kier molecular flexibility index (Phi) is 4.81. The van der Waals surface area contributed by atoms with Crippen LogP contribution >= 0.6 is 15.9 Å². The Labute approximate surface area is 123 Å². The summed E-state index contributed by atoms with van der Waals surface area (Å²) in [5.41, 5.74) is 1.02. The minimum Gasteiger partial charge on any atom is -0.392 e. The molecular formula is C14H22BrN3O. The quantitative estimate of drug-likeness (QED) is 0.922. The fraction of sp³-hybridized carbons (Fsp3) is 0.643. The molecule has 19 heavy (non-hydrogen) atoms. The highest BCUT2D eigenvalue weighted by Gasteiger charge is 2.25. The summed E-state index contributed by atoms with van der Waals surface area (Å²) in [6.07, 6.45) is -0.258. The summed E-state index contributed by atoms with van der Waals surface area (Å²) in [6, 6.07) is 4.55. The zero-order valence-electron chi connectivity index (χ0n) is 11.8. The molecule has 1 N–H and O–H groups in total. The minimum absolute atomic E-state index is 0.258. The first-order valence-electron chi connectivity index (χ1n) is 6.77. The number of nitrogens with zero attached hydrogens (tertiary/aromatic N) is 3. The second kappa shape index (κ2) is 6.20. The molecule has 1 aliphatic heterocycles. The van der Waals surface area contributed by atoms with Gasteiger partial charge in [0.25, 0.3) is 0 Å². The van der Waals surface area contributed by atoms with Crippen molar-refractivity contribution in [2.45, 2.75) is 32.9 Å². The van der Waals surface area contributed by atoms with Gasteiger partial charge in [0.1, 0.15) is 5.82 Å². The number of aryl methyl sites for hydroxylation is 1. The standard InChI is InChI=1S/C14H22BrN3O/c1-10-8-17(9-11(2)19)6-7-18(10)14-5-4-13(15)12(3)16-14/h4-5,10-11,19H,6-9H2,1-3H3. The molecule has 1 fully saturated rings. The topological polar surface area (TPSA) is 39.6 Å². The summed E-state index contributed by atoms with van der Waals surface area (Å²) in [5.74, 6) is 1.05. The lowest BCUT2D eigenvalue weighted by Gasteiger charge is -2.41. The monoisotopic (exact) mass is 327 g/mol. The Bertz CT molecular complexity index is 439. The molecule has 2 heterocycles. The molecule has 1 aliphatic rings. The predicted molar refractivity (Wildman–Crippen MR) is 81.6 cm³/mol. The van der Waals surface area contributed by atoms with Crippen LogP contribution in [0.3, 0.4) is 0 Å². The van der Waals surface area contributed by atoms with Crippen molar-refractivity contribution in [3.05, 3.63) is 22.3 Å². The van der Waals surface area contributed by atoms with Crippen LogP contribution in [0.2, 0.25) is 0 Å². The van der Waals surface area contributed by atoms with Gasteiger partial charge in [0.15, 0.2) is 0 Å². The molecule has 2 unspecified atom stereocenters. The Hall–Kier alpha value is -0.650. The van der Waals surface area contributed by atoms with E-state index >= 15 is 0 Å². The van der Waals surface area contributed by atoms with Crippen molar-refractivity contribution in [1.29, 1.82) is 0 Å². The highest BCUT2D eigenvalue weighted by atomic mass is 79.9. The van der Waals surface area contributed by atoms with Gasteiger partial charge < -0.3 is 10.0 Å². The first-order chi connectivity index (χ1) is 8.97. The zero-order valence-corrected chi connectivity index (χ0v) is 13.4. The maximum Gasteiger partial charge on any atom is 0.129 e. The lowest BCUT2D eigenvalue weighted by atomic mass is 10.1. The van der Waals surface area contributed by atoms with Crippen molar-refractivity contribution in [2.24, 2.45) is 0 Å². The van der Waals surface area contributed by atoms with E-state index in [4.69, 9.17) is 0 Å². The van der Waals surface area contributed by atoms with Crippen molar-refractivity contribution in [1.82, 2.24) is 9.88 Å². The third-order valence-corrected chi connectivity index (χ3v) is 4.37. The first-order valence-corrected chi connectivity index (χ1v) is 7.57. The van der Waals surface area contributed by atoms with Crippen LogP contribution in [0, 0.1) is 6.92 Å². The van der Waals surface area contributed by atoms with E-state index in [1.54, 1.807) is 0 Å². The molecule has 1 aromatic rings. The average Bonchev–Trinajstić information content (AvgIpc) is 2.32. The van der Waals surface area contributed by atoms with Crippen LogP contribution in [0.4, 0.5) is 5.82 Å². The van der Waals surface area contributed by atoms with E-state index in [2.05, 4.69) is 49.8 Å². The molecule has 0 spiro atoms. The van der Waals surface area contributed by atoms with Crippen LogP contribution in [0.5, 0.6) is 0 Å². The number of piperazine rings is 1. The van der Waals surface area contributed by atoms with Gasteiger partial charge in [-0.25, -0.2) is 4.98 Å². The second-order valence-electron chi connectivity index (χ2n) is 5.39. The number of β-amino-alcohol motifs (C(OH)–C–C–N with tert-alkyl or cyclic N) is 1. The van der Waals surface area contributed by atoms with Gasteiger partial charge in [-0.3, -0.25) is 4.90 Å². The van der Waals surface area contributed by atoms with Gasteiger partial charge in [-0.15, -0.1) is 0 Å². The number of rotatable bonds is 3. The minimum atomic E-state index is -0.258. The molecule has 1 saturated heterocycles. The van der Waals surface area contributed by atoms with E-state index < -0.39 is 0 Å². The molecule has 1 aromatic heterocycles. The molecular weight excluding hydrogens is 306 g/mol. The zero-order chi connectivity index (χ0) is 14.0. The number of hydrogen-bond acceptors (Lipinski definition) is 4. The molecule has 0 radical (unpaired) electrons. The maximum absolute atomic E-state index is 9.47. The molecule has 0 amide bonds. The third kappa shape index (κ3) is 3.68. The number of aliphatic hydroxyl groups is 1. The normalized spacial score (nSPS) is 22.6. The highest BCUT2D eigenvalue weighted by Crippen LogP contribution is 2.22.